The van der Waals surface area contributed by atoms with Crippen LogP contribution >= 0.6 is 0 Å². The van der Waals surface area contributed by atoms with Crippen molar-refractivity contribution in [3.63, 3.8) is 0 Å². The van der Waals surface area contributed by atoms with Crippen LogP contribution in [0, 0.1) is 0 Å². The molecule has 31 heavy (non-hydrogen) atoms. The second-order valence-electron chi connectivity index (χ2n) is 7.23. The van der Waals surface area contributed by atoms with Gasteiger partial charge in [0.25, 0.3) is 0 Å². The van der Waals surface area contributed by atoms with Gasteiger partial charge in [-0.15, -0.1) is 5.10 Å². The first kappa shape index (κ1) is 18.8. The summed E-state index contributed by atoms with van der Waals surface area (Å²) in [7, 11) is 1.62. The summed E-state index contributed by atoms with van der Waals surface area (Å²) in [4.78, 5) is 18.1. The van der Waals surface area contributed by atoms with E-state index in [4.69, 9.17) is 4.74 Å². The first-order chi connectivity index (χ1) is 15.2. The minimum Gasteiger partial charge on any atom is -0.497 e. The standard InChI is InChI=1S/C25H20N4O2/c1-3-17-8-10-18(11-9-17)16-28-22-7-5-4-6-21(22)24-26-23(27-29(24)25(28)30)19-12-14-20(31-2)15-13-19/h3-15H,1,16H2,2H3. The number of aromatic nitrogens is 4. The van der Waals surface area contributed by atoms with Crippen molar-refractivity contribution in [1.82, 2.24) is 19.2 Å². The monoisotopic (exact) mass is 408 g/mol. The van der Waals surface area contributed by atoms with Gasteiger partial charge >= 0.3 is 5.69 Å². The smallest absolute Gasteiger partial charge is 0.351 e. The zero-order valence-corrected chi connectivity index (χ0v) is 17.0. The van der Waals surface area contributed by atoms with E-state index in [1.807, 2.05) is 72.8 Å². The summed E-state index contributed by atoms with van der Waals surface area (Å²) in [5.41, 5.74) is 4.02. The molecule has 0 saturated heterocycles. The Morgan fingerprint density at radius 1 is 1.00 bits per heavy atom. The van der Waals surface area contributed by atoms with Gasteiger partial charge in [-0.3, -0.25) is 4.57 Å². The van der Waals surface area contributed by atoms with Crippen LogP contribution in [-0.2, 0) is 6.54 Å². The number of rotatable bonds is 5. The number of nitrogens with zero attached hydrogens (tertiary/aromatic N) is 4. The fraction of sp³-hybridized carbons (Fsp3) is 0.0800. The number of fused-ring (bicyclic) bond motifs is 3. The quantitative estimate of drug-likeness (QED) is 0.432. The Balaban J connectivity index is 1.69. The van der Waals surface area contributed by atoms with E-state index in [-0.39, 0.29) is 5.69 Å². The Hall–Kier alpha value is -4.19. The molecule has 0 bridgehead atoms. The molecule has 0 amide bonds. The van der Waals surface area contributed by atoms with Crippen molar-refractivity contribution in [2.24, 2.45) is 0 Å². The van der Waals surface area contributed by atoms with Gasteiger partial charge in [0.2, 0.25) is 0 Å². The number of hydrogen-bond donors (Lipinski definition) is 0. The van der Waals surface area contributed by atoms with Crippen LogP contribution in [0.5, 0.6) is 5.75 Å². The molecule has 6 heteroatoms. The SMILES string of the molecule is C=Cc1ccc(Cn2c(=O)n3nc(-c4ccc(OC)cc4)nc3c3ccccc32)cc1. The van der Waals surface area contributed by atoms with Gasteiger partial charge < -0.3 is 4.74 Å². The summed E-state index contributed by atoms with van der Waals surface area (Å²) in [5.74, 6) is 1.25. The molecular weight excluding hydrogens is 388 g/mol. The molecule has 0 aliphatic heterocycles. The van der Waals surface area contributed by atoms with E-state index in [2.05, 4.69) is 16.7 Å². The van der Waals surface area contributed by atoms with Crippen LogP contribution < -0.4 is 10.4 Å². The molecule has 0 N–H and O–H groups in total. The molecule has 152 valence electrons. The van der Waals surface area contributed by atoms with Crippen LogP contribution in [0.15, 0.2) is 84.2 Å². The van der Waals surface area contributed by atoms with E-state index < -0.39 is 0 Å². The van der Waals surface area contributed by atoms with Crippen molar-refractivity contribution in [3.05, 3.63) is 101 Å². The van der Waals surface area contributed by atoms with E-state index >= 15 is 0 Å². The summed E-state index contributed by atoms with van der Waals surface area (Å²) >= 11 is 0. The molecule has 2 heterocycles. The maximum absolute atomic E-state index is 13.4. The molecule has 0 radical (unpaired) electrons. The van der Waals surface area contributed by atoms with Crippen molar-refractivity contribution in [3.8, 4) is 17.1 Å². The predicted octanol–water partition coefficient (Wildman–Crippen LogP) is 4.41. The van der Waals surface area contributed by atoms with Gasteiger partial charge in [0, 0.05) is 10.9 Å². The Morgan fingerprint density at radius 2 is 1.74 bits per heavy atom. The van der Waals surface area contributed by atoms with Gasteiger partial charge in [0.05, 0.1) is 19.2 Å². The summed E-state index contributed by atoms with van der Waals surface area (Å²) < 4.78 is 8.35. The van der Waals surface area contributed by atoms with Gasteiger partial charge in [-0.05, 0) is 47.5 Å². The van der Waals surface area contributed by atoms with Crippen LogP contribution in [0.4, 0.5) is 0 Å². The summed E-state index contributed by atoms with van der Waals surface area (Å²) in [6.45, 7) is 4.22. The fourth-order valence-electron chi connectivity index (χ4n) is 3.69. The summed E-state index contributed by atoms with van der Waals surface area (Å²) in [6, 6.07) is 23.2. The van der Waals surface area contributed by atoms with Gasteiger partial charge in [-0.1, -0.05) is 49.1 Å². The minimum absolute atomic E-state index is 0.228. The van der Waals surface area contributed by atoms with E-state index in [1.165, 1.54) is 4.52 Å². The average molecular weight is 408 g/mol. The van der Waals surface area contributed by atoms with Gasteiger partial charge in [0.15, 0.2) is 11.5 Å². The topological polar surface area (TPSA) is 61.4 Å². The molecule has 0 aliphatic rings. The zero-order valence-electron chi connectivity index (χ0n) is 17.0. The van der Waals surface area contributed by atoms with Crippen molar-refractivity contribution < 1.29 is 4.74 Å². The molecule has 5 aromatic rings. The van der Waals surface area contributed by atoms with Gasteiger partial charge in [0.1, 0.15) is 5.75 Å². The number of para-hydroxylation sites is 1. The second-order valence-corrected chi connectivity index (χ2v) is 7.23. The largest absolute Gasteiger partial charge is 0.497 e. The summed E-state index contributed by atoms with van der Waals surface area (Å²) in [5, 5.41) is 5.41. The highest BCUT2D eigenvalue weighted by Gasteiger charge is 2.16. The van der Waals surface area contributed by atoms with Crippen LogP contribution in [0.3, 0.4) is 0 Å². The molecule has 3 aromatic carbocycles. The van der Waals surface area contributed by atoms with Crippen molar-refractivity contribution >= 4 is 22.6 Å². The van der Waals surface area contributed by atoms with Crippen LogP contribution in [0.2, 0.25) is 0 Å². The number of hydrogen-bond acceptors (Lipinski definition) is 4. The molecule has 2 aromatic heterocycles. The molecule has 6 nitrogen and oxygen atoms in total. The molecule has 0 spiro atoms. The van der Waals surface area contributed by atoms with Crippen molar-refractivity contribution in [2.45, 2.75) is 6.54 Å². The first-order valence-electron chi connectivity index (χ1n) is 9.92. The number of benzene rings is 3. The predicted molar refractivity (Wildman–Crippen MR) is 122 cm³/mol. The van der Waals surface area contributed by atoms with E-state index in [0.717, 1.165) is 33.3 Å². The third kappa shape index (κ3) is 3.28. The fourth-order valence-corrected chi connectivity index (χ4v) is 3.69. The lowest BCUT2D eigenvalue weighted by molar-refractivity contribution is 0.415. The Morgan fingerprint density at radius 3 is 2.45 bits per heavy atom. The van der Waals surface area contributed by atoms with E-state index in [0.29, 0.717) is 18.0 Å². The highest BCUT2D eigenvalue weighted by molar-refractivity contribution is 5.92. The maximum atomic E-state index is 13.4. The molecular formula is C25H20N4O2. The van der Waals surface area contributed by atoms with Crippen LogP contribution in [-0.4, -0.2) is 26.3 Å². The highest BCUT2D eigenvalue weighted by atomic mass is 16.5. The van der Waals surface area contributed by atoms with Gasteiger partial charge in [-0.25, -0.2) is 9.78 Å². The first-order valence-corrected chi connectivity index (χ1v) is 9.92. The molecule has 5 rings (SSSR count). The minimum atomic E-state index is -0.228. The lowest BCUT2D eigenvalue weighted by atomic mass is 10.1. The lowest BCUT2D eigenvalue weighted by Crippen LogP contribution is -2.28. The lowest BCUT2D eigenvalue weighted by Gasteiger charge is -2.11. The third-order valence-electron chi connectivity index (χ3n) is 5.36. The molecule has 0 atom stereocenters. The van der Waals surface area contributed by atoms with Gasteiger partial charge in [-0.2, -0.15) is 4.52 Å². The third-order valence-corrected chi connectivity index (χ3v) is 5.36. The summed E-state index contributed by atoms with van der Waals surface area (Å²) in [6.07, 6.45) is 1.80. The number of methoxy groups -OCH3 is 1. The molecule has 0 fully saturated rings. The van der Waals surface area contributed by atoms with Crippen LogP contribution in [0.25, 0.3) is 34.0 Å². The molecule has 0 aliphatic carbocycles. The highest BCUT2D eigenvalue weighted by Crippen LogP contribution is 2.23. The van der Waals surface area contributed by atoms with Crippen molar-refractivity contribution in [1.29, 1.82) is 0 Å². The Kier molecular flexibility index (Phi) is 4.59. The molecule has 0 saturated carbocycles. The van der Waals surface area contributed by atoms with E-state index in [9.17, 15) is 4.79 Å². The molecule has 0 unspecified atom stereocenters. The number of ether oxygens (including phenoxy) is 1. The Labute approximate surface area is 178 Å². The maximum Gasteiger partial charge on any atom is 0.351 e. The average Bonchev–Trinajstić information content (AvgIpc) is 3.28. The van der Waals surface area contributed by atoms with Crippen LogP contribution in [0.1, 0.15) is 11.1 Å². The second kappa shape index (κ2) is 7.57. The van der Waals surface area contributed by atoms with E-state index in [1.54, 1.807) is 17.8 Å². The zero-order chi connectivity index (χ0) is 21.4. The normalized spacial score (nSPS) is 11.1. The Bertz CT molecular complexity index is 1460. The van der Waals surface area contributed by atoms with Crippen molar-refractivity contribution in [2.75, 3.05) is 7.11 Å².